The maximum atomic E-state index is 13.7. The lowest BCUT2D eigenvalue weighted by Gasteiger charge is -2.36. The Morgan fingerprint density at radius 1 is 1.00 bits per heavy atom. The van der Waals surface area contributed by atoms with Crippen LogP contribution in [-0.2, 0) is 27.5 Å². The topological polar surface area (TPSA) is 81.9 Å². The molecule has 220 valence electrons. The van der Waals surface area contributed by atoms with Crippen LogP contribution in [0.1, 0.15) is 63.6 Å². The van der Waals surface area contributed by atoms with E-state index in [1.165, 1.54) is 9.87 Å². The summed E-state index contributed by atoms with van der Waals surface area (Å²) in [4.78, 5) is 0.227. The lowest BCUT2D eigenvalue weighted by molar-refractivity contribution is 0.282. The number of hydrogen-bond donors (Lipinski definition) is 0. The van der Waals surface area contributed by atoms with Crippen LogP contribution >= 0.6 is 0 Å². The summed E-state index contributed by atoms with van der Waals surface area (Å²) in [6, 6.07) is 14.4. The lowest BCUT2D eigenvalue weighted by Crippen LogP contribution is -2.41. The number of aromatic nitrogens is 1. The first-order valence-electron chi connectivity index (χ1n) is 14.0. The summed E-state index contributed by atoms with van der Waals surface area (Å²) in [6.45, 7) is 20.5. The van der Waals surface area contributed by atoms with Gasteiger partial charge in [-0.05, 0) is 92.7 Å². The van der Waals surface area contributed by atoms with Gasteiger partial charge in [0.2, 0.25) is 0 Å². The molecule has 0 radical (unpaired) electrons. The zero-order valence-corrected chi connectivity index (χ0v) is 27.4. The summed E-state index contributed by atoms with van der Waals surface area (Å²) in [5.74, 6) is 1.45. The highest BCUT2D eigenvalue weighted by atomic mass is 32.2. The summed E-state index contributed by atoms with van der Waals surface area (Å²) >= 11 is 0. The summed E-state index contributed by atoms with van der Waals surface area (Å²) in [6.07, 6.45) is 1.83. The van der Waals surface area contributed by atoms with E-state index in [4.69, 9.17) is 13.7 Å². The predicted octanol–water partition coefficient (Wildman–Crippen LogP) is 7.68. The van der Waals surface area contributed by atoms with Gasteiger partial charge in [-0.1, -0.05) is 51.9 Å². The van der Waals surface area contributed by atoms with Crippen LogP contribution in [0.3, 0.4) is 0 Å². The van der Waals surface area contributed by atoms with Crippen molar-refractivity contribution in [2.75, 3.05) is 17.5 Å². The molecule has 0 aliphatic carbocycles. The van der Waals surface area contributed by atoms with Gasteiger partial charge in [0, 0.05) is 13.2 Å². The number of benzene rings is 2. The molecule has 0 amide bonds. The van der Waals surface area contributed by atoms with E-state index in [0.29, 0.717) is 30.3 Å². The Bertz CT molecular complexity index is 1320. The van der Waals surface area contributed by atoms with Crippen LogP contribution < -0.4 is 9.04 Å². The maximum Gasteiger partial charge on any atom is 0.264 e. The van der Waals surface area contributed by atoms with E-state index in [0.717, 1.165) is 30.7 Å². The van der Waals surface area contributed by atoms with Crippen LogP contribution in [0.5, 0.6) is 5.75 Å². The molecule has 2 aromatic carbocycles. The molecule has 0 bridgehead atoms. The van der Waals surface area contributed by atoms with E-state index in [2.05, 4.69) is 39.0 Å². The zero-order chi connectivity index (χ0) is 29.7. The summed E-state index contributed by atoms with van der Waals surface area (Å²) in [5.41, 5.74) is 3.51. The number of nitrogens with zero attached hydrogens (tertiary/aromatic N) is 2. The molecule has 3 rings (SSSR count). The van der Waals surface area contributed by atoms with Crippen LogP contribution in [0.25, 0.3) is 0 Å². The normalized spacial score (nSPS) is 12.7. The summed E-state index contributed by atoms with van der Waals surface area (Å²) < 4.78 is 46.3. The molecule has 0 aliphatic heterocycles. The number of ether oxygens (including phenoxy) is 1. The second-order valence-electron chi connectivity index (χ2n) is 12.4. The molecule has 0 N–H and O–H groups in total. The van der Waals surface area contributed by atoms with Crippen molar-refractivity contribution in [2.24, 2.45) is 5.92 Å². The SMILES string of the molecule is Cc1noc(C)c1COc1ccc(S(=O)(=O)N(CC(C)C)c2ccc(CCCO[Si](C)(C)C(C)(C)C)cc2)cc1. The Labute approximate surface area is 242 Å². The van der Waals surface area contributed by atoms with E-state index in [9.17, 15) is 8.42 Å². The molecule has 0 spiro atoms. The maximum absolute atomic E-state index is 13.7. The Hall–Kier alpha value is -2.62. The van der Waals surface area contributed by atoms with Gasteiger partial charge in [0.05, 0.1) is 21.8 Å². The average molecular weight is 587 g/mol. The number of anilines is 1. The van der Waals surface area contributed by atoms with Crippen molar-refractivity contribution in [3.63, 3.8) is 0 Å². The van der Waals surface area contributed by atoms with Crippen molar-refractivity contribution in [1.82, 2.24) is 5.16 Å². The highest BCUT2D eigenvalue weighted by molar-refractivity contribution is 7.92. The second kappa shape index (κ2) is 12.9. The van der Waals surface area contributed by atoms with Crippen LogP contribution in [-0.4, -0.2) is 35.0 Å². The molecule has 0 aliphatic rings. The molecule has 0 saturated carbocycles. The molecule has 0 unspecified atom stereocenters. The van der Waals surface area contributed by atoms with Gasteiger partial charge in [0.1, 0.15) is 18.1 Å². The Morgan fingerprint density at radius 2 is 1.62 bits per heavy atom. The van der Waals surface area contributed by atoms with Gasteiger partial charge in [-0.3, -0.25) is 4.31 Å². The number of rotatable bonds is 13. The van der Waals surface area contributed by atoms with Gasteiger partial charge in [0.15, 0.2) is 8.32 Å². The van der Waals surface area contributed by atoms with Crippen molar-refractivity contribution >= 4 is 24.0 Å². The van der Waals surface area contributed by atoms with Crippen molar-refractivity contribution in [1.29, 1.82) is 0 Å². The fraction of sp³-hybridized carbons (Fsp3) is 0.516. The molecular formula is C31H46N2O5SSi. The Morgan fingerprint density at radius 3 is 2.15 bits per heavy atom. The molecule has 0 atom stereocenters. The summed E-state index contributed by atoms with van der Waals surface area (Å²) in [7, 11) is -5.51. The molecule has 0 fully saturated rings. The molecule has 0 saturated heterocycles. The van der Waals surface area contributed by atoms with Crippen molar-refractivity contribution in [2.45, 2.75) is 90.9 Å². The van der Waals surface area contributed by atoms with Crippen molar-refractivity contribution in [3.05, 3.63) is 71.1 Å². The van der Waals surface area contributed by atoms with Crippen LogP contribution in [0.4, 0.5) is 5.69 Å². The van der Waals surface area contributed by atoms with E-state index < -0.39 is 18.3 Å². The van der Waals surface area contributed by atoms with Gasteiger partial charge in [-0.25, -0.2) is 8.42 Å². The van der Waals surface area contributed by atoms with Gasteiger partial charge in [-0.2, -0.15) is 0 Å². The Balaban J connectivity index is 1.68. The van der Waals surface area contributed by atoms with E-state index >= 15 is 0 Å². The fourth-order valence-electron chi connectivity index (χ4n) is 4.02. The first kappa shape index (κ1) is 31.9. The van der Waals surface area contributed by atoms with Crippen LogP contribution in [0.2, 0.25) is 18.1 Å². The highest BCUT2D eigenvalue weighted by Gasteiger charge is 2.36. The van der Waals surface area contributed by atoms with Gasteiger partial charge in [-0.15, -0.1) is 0 Å². The van der Waals surface area contributed by atoms with Gasteiger partial charge < -0.3 is 13.7 Å². The standard InChI is InChI=1S/C31H46N2O5SSi/c1-23(2)21-33(27-14-12-26(13-15-27)11-10-20-37-40(8,9)31(5,6)7)39(34,35)29-18-16-28(17-19-29)36-22-30-24(3)32-38-25(30)4/h12-19,23H,10-11,20-22H2,1-9H3. The molecule has 1 aromatic heterocycles. The Kier molecular flexibility index (Phi) is 10.3. The quantitative estimate of drug-likeness (QED) is 0.151. The first-order chi connectivity index (χ1) is 18.6. The lowest BCUT2D eigenvalue weighted by atomic mass is 10.1. The van der Waals surface area contributed by atoms with Crippen molar-refractivity contribution in [3.8, 4) is 5.75 Å². The first-order valence-corrected chi connectivity index (χ1v) is 18.4. The molecule has 7 nitrogen and oxygen atoms in total. The van der Waals surface area contributed by atoms with Crippen molar-refractivity contribution < 1.29 is 22.1 Å². The predicted molar refractivity (Wildman–Crippen MR) is 164 cm³/mol. The van der Waals surface area contributed by atoms with Gasteiger partial charge >= 0.3 is 0 Å². The molecule has 3 aromatic rings. The average Bonchev–Trinajstić information content (AvgIpc) is 3.20. The third kappa shape index (κ3) is 7.98. The molecule has 9 heteroatoms. The number of hydrogen-bond acceptors (Lipinski definition) is 6. The van der Waals surface area contributed by atoms with Crippen LogP contribution in [0.15, 0.2) is 57.9 Å². The minimum absolute atomic E-state index is 0.152. The molecule has 40 heavy (non-hydrogen) atoms. The van der Waals surface area contributed by atoms with E-state index in [-0.39, 0.29) is 15.9 Å². The van der Waals surface area contributed by atoms with E-state index in [1.54, 1.807) is 24.3 Å². The largest absolute Gasteiger partial charge is 0.489 e. The molecular weight excluding hydrogens is 541 g/mol. The second-order valence-corrected chi connectivity index (χ2v) is 19.0. The smallest absolute Gasteiger partial charge is 0.264 e. The third-order valence-corrected chi connectivity index (χ3v) is 14.0. The number of aryl methyl sites for hydroxylation is 3. The zero-order valence-electron chi connectivity index (χ0n) is 25.6. The monoisotopic (exact) mass is 586 g/mol. The van der Waals surface area contributed by atoms with Crippen LogP contribution in [0, 0.1) is 19.8 Å². The minimum Gasteiger partial charge on any atom is -0.489 e. The fourth-order valence-corrected chi connectivity index (χ4v) is 6.74. The highest BCUT2D eigenvalue weighted by Crippen LogP contribution is 2.36. The number of sulfonamides is 1. The van der Waals surface area contributed by atoms with Gasteiger partial charge in [0.25, 0.3) is 10.0 Å². The minimum atomic E-state index is -3.76. The van der Waals surface area contributed by atoms with E-state index in [1.807, 2.05) is 52.0 Å². The summed E-state index contributed by atoms with van der Waals surface area (Å²) in [5, 5.41) is 4.14. The third-order valence-electron chi connectivity index (χ3n) is 7.61. The molecule has 1 heterocycles.